The van der Waals surface area contributed by atoms with Crippen LogP contribution in [0.25, 0.3) is 10.2 Å². The molecule has 1 aromatic heterocycles. The molecular weight excluding hydrogens is 246 g/mol. The molecule has 0 saturated heterocycles. The quantitative estimate of drug-likeness (QED) is 0.745. The Morgan fingerprint density at radius 3 is 2.77 bits per heavy atom. The van der Waals surface area contributed by atoms with Crippen molar-refractivity contribution in [3.63, 3.8) is 0 Å². The molecule has 2 rings (SSSR count). The normalized spacial score (nSPS) is 11.4. The Morgan fingerprint density at radius 2 is 2.15 bits per heavy atom. The summed E-state index contributed by atoms with van der Waals surface area (Å²) in [5, 5.41) is 1.21. The third-order valence-corrected chi connectivity index (χ3v) is 4.21. The standard InChI is InChI=1S/C10H10BrNS/c1-6(2)10-12-8-5-3-4-7(11)9(8)13-10/h3-6H,1-2H3. The molecule has 1 nitrogen and oxygen atoms in total. The Balaban J connectivity index is 2.68. The lowest BCUT2D eigenvalue weighted by molar-refractivity contribution is 0.857. The maximum Gasteiger partial charge on any atom is 0.0964 e. The topological polar surface area (TPSA) is 12.9 Å². The van der Waals surface area contributed by atoms with Crippen molar-refractivity contribution >= 4 is 37.5 Å². The van der Waals surface area contributed by atoms with Crippen LogP contribution < -0.4 is 0 Å². The highest BCUT2D eigenvalue weighted by Gasteiger charge is 2.08. The number of rotatable bonds is 1. The van der Waals surface area contributed by atoms with Crippen molar-refractivity contribution in [1.82, 2.24) is 4.98 Å². The summed E-state index contributed by atoms with van der Waals surface area (Å²) in [5.41, 5.74) is 1.10. The molecule has 0 saturated carbocycles. The molecule has 0 aliphatic carbocycles. The zero-order valence-electron chi connectivity index (χ0n) is 7.54. The summed E-state index contributed by atoms with van der Waals surface area (Å²) in [6.45, 7) is 4.34. The first-order chi connectivity index (χ1) is 6.18. The number of fused-ring (bicyclic) bond motifs is 1. The van der Waals surface area contributed by atoms with Gasteiger partial charge in [0.15, 0.2) is 0 Å². The van der Waals surface area contributed by atoms with E-state index in [4.69, 9.17) is 0 Å². The molecular formula is C10H10BrNS. The third-order valence-electron chi connectivity index (χ3n) is 1.88. The molecule has 68 valence electrons. The lowest BCUT2D eigenvalue weighted by atomic mass is 10.2. The van der Waals surface area contributed by atoms with Crippen molar-refractivity contribution in [3.05, 3.63) is 27.7 Å². The van der Waals surface area contributed by atoms with Crippen LogP contribution in [0.15, 0.2) is 22.7 Å². The highest BCUT2D eigenvalue weighted by molar-refractivity contribution is 9.10. The predicted octanol–water partition coefficient (Wildman–Crippen LogP) is 4.18. The maximum atomic E-state index is 4.56. The molecule has 0 bridgehead atoms. The van der Waals surface area contributed by atoms with Crippen molar-refractivity contribution in [2.45, 2.75) is 19.8 Å². The lowest BCUT2D eigenvalue weighted by Gasteiger charge is -1.94. The molecule has 13 heavy (non-hydrogen) atoms. The molecule has 0 radical (unpaired) electrons. The number of aromatic nitrogens is 1. The zero-order chi connectivity index (χ0) is 9.42. The SMILES string of the molecule is CC(C)c1nc2cccc(Br)c2s1. The fraction of sp³-hybridized carbons (Fsp3) is 0.300. The van der Waals surface area contributed by atoms with Gasteiger partial charge in [0, 0.05) is 10.4 Å². The Kier molecular flexibility index (Phi) is 2.39. The molecule has 2 aromatic rings. The molecule has 0 aliphatic heterocycles. The minimum absolute atomic E-state index is 0.518. The van der Waals surface area contributed by atoms with E-state index in [1.165, 1.54) is 9.71 Å². The van der Waals surface area contributed by atoms with Crippen LogP contribution in [0.4, 0.5) is 0 Å². The van der Waals surface area contributed by atoms with Crippen LogP contribution in [0.1, 0.15) is 24.8 Å². The minimum atomic E-state index is 0.518. The van der Waals surface area contributed by atoms with Gasteiger partial charge in [0.05, 0.1) is 15.2 Å². The summed E-state index contributed by atoms with van der Waals surface area (Å²) < 4.78 is 2.40. The molecule has 0 aliphatic rings. The van der Waals surface area contributed by atoms with Crippen molar-refractivity contribution in [2.24, 2.45) is 0 Å². The summed E-state index contributed by atoms with van der Waals surface area (Å²) in [4.78, 5) is 4.56. The van der Waals surface area contributed by atoms with Crippen molar-refractivity contribution in [2.75, 3.05) is 0 Å². The molecule has 3 heteroatoms. The third kappa shape index (κ3) is 1.63. The highest BCUT2D eigenvalue weighted by Crippen LogP contribution is 2.32. The number of hydrogen-bond donors (Lipinski definition) is 0. The van der Waals surface area contributed by atoms with Crippen LogP contribution in [-0.2, 0) is 0 Å². The second kappa shape index (κ2) is 3.39. The zero-order valence-corrected chi connectivity index (χ0v) is 9.95. The molecule has 0 amide bonds. The fourth-order valence-electron chi connectivity index (χ4n) is 1.18. The number of nitrogens with zero attached hydrogens (tertiary/aromatic N) is 1. The summed E-state index contributed by atoms with van der Waals surface area (Å²) in [5.74, 6) is 0.518. The number of benzene rings is 1. The van der Waals surface area contributed by atoms with E-state index < -0.39 is 0 Å². The van der Waals surface area contributed by atoms with Crippen molar-refractivity contribution in [3.8, 4) is 0 Å². The summed E-state index contributed by atoms with van der Waals surface area (Å²) in [6.07, 6.45) is 0. The van der Waals surface area contributed by atoms with Crippen LogP contribution in [0.2, 0.25) is 0 Å². The van der Waals surface area contributed by atoms with Gasteiger partial charge in [-0.3, -0.25) is 0 Å². The number of halogens is 1. The van der Waals surface area contributed by atoms with Gasteiger partial charge in [-0.05, 0) is 28.1 Å². The first-order valence-electron chi connectivity index (χ1n) is 4.23. The largest absolute Gasteiger partial charge is 0.241 e. The first-order valence-corrected chi connectivity index (χ1v) is 5.84. The average molecular weight is 256 g/mol. The predicted molar refractivity (Wildman–Crippen MR) is 61.4 cm³/mol. The molecule has 0 N–H and O–H groups in total. The molecule has 0 fully saturated rings. The van der Waals surface area contributed by atoms with Crippen LogP contribution in [0, 0.1) is 0 Å². The number of thiazole rings is 1. The van der Waals surface area contributed by atoms with Crippen LogP contribution in [-0.4, -0.2) is 4.98 Å². The summed E-state index contributed by atoms with van der Waals surface area (Å²) >= 11 is 5.30. The monoisotopic (exact) mass is 255 g/mol. The van der Waals surface area contributed by atoms with Gasteiger partial charge in [0.1, 0.15) is 0 Å². The van der Waals surface area contributed by atoms with Crippen LogP contribution in [0.3, 0.4) is 0 Å². The van der Waals surface area contributed by atoms with E-state index in [2.05, 4.69) is 46.9 Å². The molecule has 0 atom stereocenters. The Bertz CT molecular complexity index is 433. The Morgan fingerprint density at radius 1 is 1.38 bits per heavy atom. The van der Waals surface area contributed by atoms with Crippen LogP contribution >= 0.6 is 27.3 Å². The van der Waals surface area contributed by atoms with Gasteiger partial charge in [-0.15, -0.1) is 11.3 Å². The maximum absolute atomic E-state index is 4.56. The average Bonchev–Trinajstić information content (AvgIpc) is 2.49. The highest BCUT2D eigenvalue weighted by atomic mass is 79.9. The van der Waals surface area contributed by atoms with Gasteiger partial charge >= 0.3 is 0 Å². The van der Waals surface area contributed by atoms with E-state index in [0.29, 0.717) is 5.92 Å². The lowest BCUT2D eigenvalue weighted by Crippen LogP contribution is -1.82. The summed E-state index contributed by atoms with van der Waals surface area (Å²) in [7, 11) is 0. The van der Waals surface area contributed by atoms with E-state index in [-0.39, 0.29) is 0 Å². The molecule has 0 spiro atoms. The van der Waals surface area contributed by atoms with Gasteiger partial charge in [-0.2, -0.15) is 0 Å². The van der Waals surface area contributed by atoms with Gasteiger partial charge in [0.25, 0.3) is 0 Å². The molecule has 1 heterocycles. The molecule has 1 aromatic carbocycles. The smallest absolute Gasteiger partial charge is 0.0964 e. The fourth-order valence-corrected chi connectivity index (χ4v) is 2.75. The van der Waals surface area contributed by atoms with Gasteiger partial charge < -0.3 is 0 Å². The van der Waals surface area contributed by atoms with Gasteiger partial charge in [0.2, 0.25) is 0 Å². The van der Waals surface area contributed by atoms with E-state index >= 15 is 0 Å². The summed E-state index contributed by atoms with van der Waals surface area (Å²) in [6, 6.07) is 6.14. The second-order valence-electron chi connectivity index (χ2n) is 3.29. The Hall–Kier alpha value is -0.410. The molecule has 0 unspecified atom stereocenters. The van der Waals surface area contributed by atoms with Crippen molar-refractivity contribution in [1.29, 1.82) is 0 Å². The Labute approximate surface area is 89.9 Å². The second-order valence-corrected chi connectivity index (χ2v) is 5.18. The number of hydrogen-bond acceptors (Lipinski definition) is 2. The van der Waals surface area contributed by atoms with E-state index in [1.54, 1.807) is 11.3 Å². The minimum Gasteiger partial charge on any atom is -0.241 e. The van der Waals surface area contributed by atoms with Crippen molar-refractivity contribution < 1.29 is 0 Å². The first kappa shape index (κ1) is 9.16. The van der Waals surface area contributed by atoms with E-state index in [9.17, 15) is 0 Å². The van der Waals surface area contributed by atoms with E-state index in [1.807, 2.05) is 6.07 Å². The van der Waals surface area contributed by atoms with Gasteiger partial charge in [-0.1, -0.05) is 19.9 Å². The van der Waals surface area contributed by atoms with E-state index in [0.717, 1.165) is 9.99 Å². The van der Waals surface area contributed by atoms with Gasteiger partial charge in [-0.25, -0.2) is 4.98 Å². The van der Waals surface area contributed by atoms with Crippen LogP contribution in [0.5, 0.6) is 0 Å².